The Labute approximate surface area is 125 Å². The van der Waals surface area contributed by atoms with Crippen molar-refractivity contribution in [1.82, 2.24) is 0 Å². The van der Waals surface area contributed by atoms with Gasteiger partial charge in [0.05, 0.1) is 0 Å². The molecule has 0 saturated heterocycles. The Hall–Kier alpha value is -2.38. The predicted molar refractivity (Wildman–Crippen MR) is 87.1 cm³/mol. The van der Waals surface area contributed by atoms with Crippen LogP contribution in [0, 0.1) is 6.92 Å². The fourth-order valence-corrected chi connectivity index (χ4v) is 2.57. The van der Waals surface area contributed by atoms with Crippen molar-refractivity contribution in [3.8, 4) is 11.1 Å². The fourth-order valence-electron chi connectivity index (χ4n) is 2.57. The molecule has 0 aliphatic carbocycles. The first-order valence-electron chi connectivity index (χ1n) is 7.14. The molecule has 1 N–H and O–H groups in total. The van der Waals surface area contributed by atoms with Gasteiger partial charge in [-0.05, 0) is 34.7 Å². The summed E-state index contributed by atoms with van der Waals surface area (Å²) in [6.07, 6.45) is -0.572. The molecule has 3 rings (SSSR count). The second kappa shape index (κ2) is 5.94. The predicted octanol–water partition coefficient (Wildman–Crippen LogP) is 4.74. The molecule has 0 spiro atoms. The molecule has 3 aromatic rings. The van der Waals surface area contributed by atoms with Gasteiger partial charge in [0.25, 0.3) is 0 Å². The topological polar surface area (TPSA) is 20.2 Å². The lowest BCUT2D eigenvalue weighted by molar-refractivity contribution is 0.220. The molecule has 0 bridgehead atoms. The van der Waals surface area contributed by atoms with E-state index in [1.54, 1.807) is 0 Å². The van der Waals surface area contributed by atoms with Crippen LogP contribution < -0.4 is 0 Å². The van der Waals surface area contributed by atoms with Crippen LogP contribution >= 0.6 is 0 Å². The number of aliphatic hydroxyl groups excluding tert-OH is 1. The molecule has 3 aromatic carbocycles. The Kier molecular flexibility index (Phi) is 3.85. The molecular weight excluding hydrogens is 256 g/mol. The maximum absolute atomic E-state index is 10.4. The van der Waals surface area contributed by atoms with Gasteiger partial charge in [0.2, 0.25) is 0 Å². The summed E-state index contributed by atoms with van der Waals surface area (Å²) in [4.78, 5) is 0. The molecule has 1 unspecified atom stereocenters. The van der Waals surface area contributed by atoms with Gasteiger partial charge in [-0.3, -0.25) is 0 Å². The van der Waals surface area contributed by atoms with Crippen LogP contribution in [0.25, 0.3) is 11.1 Å². The molecule has 21 heavy (non-hydrogen) atoms. The number of hydrogen-bond acceptors (Lipinski definition) is 1. The van der Waals surface area contributed by atoms with Crippen molar-refractivity contribution in [3.63, 3.8) is 0 Å². The molecular formula is C20H18O. The Morgan fingerprint density at radius 2 is 1.24 bits per heavy atom. The number of benzene rings is 3. The molecule has 104 valence electrons. The van der Waals surface area contributed by atoms with E-state index < -0.39 is 6.10 Å². The zero-order chi connectivity index (χ0) is 14.7. The van der Waals surface area contributed by atoms with Gasteiger partial charge in [0, 0.05) is 0 Å². The quantitative estimate of drug-likeness (QED) is 0.731. The van der Waals surface area contributed by atoms with Gasteiger partial charge in [-0.2, -0.15) is 0 Å². The van der Waals surface area contributed by atoms with Crippen molar-refractivity contribution in [2.45, 2.75) is 13.0 Å². The Morgan fingerprint density at radius 1 is 0.667 bits per heavy atom. The summed E-state index contributed by atoms with van der Waals surface area (Å²) in [5.41, 5.74) is 5.50. The van der Waals surface area contributed by atoms with Gasteiger partial charge in [-0.15, -0.1) is 0 Å². The molecule has 0 aliphatic heterocycles. The lowest BCUT2D eigenvalue weighted by Gasteiger charge is -2.12. The van der Waals surface area contributed by atoms with E-state index in [4.69, 9.17) is 0 Å². The van der Waals surface area contributed by atoms with Crippen LogP contribution in [0.3, 0.4) is 0 Å². The molecule has 0 heterocycles. The molecule has 0 fully saturated rings. The SMILES string of the molecule is Cc1ccccc1-c1ccc(C(O)c2ccccc2)cc1. The minimum absolute atomic E-state index is 0.572. The van der Waals surface area contributed by atoms with Gasteiger partial charge >= 0.3 is 0 Å². The lowest BCUT2D eigenvalue weighted by atomic mass is 9.96. The van der Waals surface area contributed by atoms with Crippen LogP contribution in [-0.2, 0) is 0 Å². The maximum Gasteiger partial charge on any atom is 0.104 e. The van der Waals surface area contributed by atoms with E-state index in [9.17, 15) is 5.11 Å². The van der Waals surface area contributed by atoms with Crippen LogP contribution in [0.15, 0.2) is 78.9 Å². The van der Waals surface area contributed by atoms with Crippen LogP contribution in [0.2, 0.25) is 0 Å². The van der Waals surface area contributed by atoms with Crippen molar-refractivity contribution in [3.05, 3.63) is 95.6 Å². The van der Waals surface area contributed by atoms with E-state index in [2.05, 4.69) is 37.3 Å². The van der Waals surface area contributed by atoms with Crippen LogP contribution in [0.5, 0.6) is 0 Å². The van der Waals surface area contributed by atoms with Gasteiger partial charge < -0.3 is 5.11 Å². The van der Waals surface area contributed by atoms with Gasteiger partial charge in [0.15, 0.2) is 0 Å². The van der Waals surface area contributed by atoms with E-state index in [-0.39, 0.29) is 0 Å². The Morgan fingerprint density at radius 3 is 1.90 bits per heavy atom. The first-order chi connectivity index (χ1) is 10.3. The number of hydrogen-bond donors (Lipinski definition) is 1. The molecule has 0 amide bonds. The molecule has 1 atom stereocenters. The van der Waals surface area contributed by atoms with Gasteiger partial charge in [0.1, 0.15) is 6.10 Å². The van der Waals surface area contributed by atoms with E-state index in [0.717, 1.165) is 11.1 Å². The van der Waals surface area contributed by atoms with E-state index in [1.165, 1.54) is 16.7 Å². The third-order valence-corrected chi connectivity index (χ3v) is 3.80. The zero-order valence-corrected chi connectivity index (χ0v) is 12.0. The second-order valence-electron chi connectivity index (χ2n) is 5.25. The molecule has 0 aromatic heterocycles. The van der Waals surface area contributed by atoms with E-state index in [1.807, 2.05) is 48.5 Å². The molecule has 0 aliphatic rings. The monoisotopic (exact) mass is 274 g/mol. The van der Waals surface area contributed by atoms with Crippen molar-refractivity contribution < 1.29 is 5.11 Å². The maximum atomic E-state index is 10.4. The lowest BCUT2D eigenvalue weighted by Crippen LogP contribution is -1.99. The summed E-state index contributed by atoms with van der Waals surface area (Å²) < 4.78 is 0. The summed E-state index contributed by atoms with van der Waals surface area (Å²) in [5, 5.41) is 10.4. The van der Waals surface area contributed by atoms with Crippen molar-refractivity contribution in [2.24, 2.45) is 0 Å². The second-order valence-corrected chi connectivity index (χ2v) is 5.25. The Bertz CT molecular complexity index is 714. The highest BCUT2D eigenvalue weighted by Gasteiger charge is 2.10. The summed E-state index contributed by atoms with van der Waals surface area (Å²) in [7, 11) is 0. The molecule has 0 saturated carbocycles. The molecule has 1 heteroatoms. The molecule has 0 radical (unpaired) electrons. The average molecular weight is 274 g/mol. The third-order valence-electron chi connectivity index (χ3n) is 3.80. The normalized spacial score (nSPS) is 12.1. The standard InChI is InChI=1S/C20H18O/c1-15-7-5-6-10-19(15)16-11-13-18(14-12-16)20(21)17-8-3-2-4-9-17/h2-14,20-21H,1H3. The fraction of sp³-hybridized carbons (Fsp3) is 0.100. The molecule has 1 nitrogen and oxygen atoms in total. The largest absolute Gasteiger partial charge is 0.384 e. The number of aliphatic hydroxyl groups is 1. The zero-order valence-electron chi connectivity index (χ0n) is 12.0. The minimum Gasteiger partial charge on any atom is -0.384 e. The van der Waals surface area contributed by atoms with Crippen molar-refractivity contribution in [2.75, 3.05) is 0 Å². The van der Waals surface area contributed by atoms with Crippen molar-refractivity contribution >= 4 is 0 Å². The Balaban J connectivity index is 1.90. The number of aryl methyl sites for hydroxylation is 1. The van der Waals surface area contributed by atoms with Crippen LogP contribution in [0.1, 0.15) is 22.8 Å². The third kappa shape index (κ3) is 2.88. The summed E-state index contributed by atoms with van der Waals surface area (Å²) in [6.45, 7) is 2.11. The minimum atomic E-state index is -0.572. The van der Waals surface area contributed by atoms with Crippen LogP contribution in [-0.4, -0.2) is 5.11 Å². The van der Waals surface area contributed by atoms with E-state index >= 15 is 0 Å². The van der Waals surface area contributed by atoms with E-state index in [0.29, 0.717) is 0 Å². The average Bonchev–Trinajstić information content (AvgIpc) is 2.56. The summed E-state index contributed by atoms with van der Waals surface area (Å²) >= 11 is 0. The van der Waals surface area contributed by atoms with Crippen LogP contribution in [0.4, 0.5) is 0 Å². The smallest absolute Gasteiger partial charge is 0.104 e. The van der Waals surface area contributed by atoms with Gasteiger partial charge in [-0.25, -0.2) is 0 Å². The van der Waals surface area contributed by atoms with Gasteiger partial charge in [-0.1, -0.05) is 78.9 Å². The number of rotatable bonds is 3. The highest BCUT2D eigenvalue weighted by Crippen LogP contribution is 2.27. The highest BCUT2D eigenvalue weighted by atomic mass is 16.3. The first kappa shape index (κ1) is 13.6. The first-order valence-corrected chi connectivity index (χ1v) is 7.14. The highest BCUT2D eigenvalue weighted by molar-refractivity contribution is 5.67. The van der Waals surface area contributed by atoms with Crippen molar-refractivity contribution in [1.29, 1.82) is 0 Å². The summed E-state index contributed by atoms with van der Waals surface area (Å²) in [6, 6.07) is 26.2. The summed E-state index contributed by atoms with van der Waals surface area (Å²) in [5.74, 6) is 0.